The highest BCUT2D eigenvalue weighted by molar-refractivity contribution is 5.81. The van der Waals surface area contributed by atoms with Gasteiger partial charge in [-0.2, -0.15) is 0 Å². The molecule has 2 heterocycles. The monoisotopic (exact) mass is 289 g/mol. The molecule has 21 heavy (non-hydrogen) atoms. The topological polar surface area (TPSA) is 45.2 Å². The summed E-state index contributed by atoms with van der Waals surface area (Å²) in [6, 6.07) is 6.26. The number of hydrogen-bond donors (Lipinski definition) is 1. The van der Waals surface area contributed by atoms with Crippen LogP contribution in [0.5, 0.6) is 0 Å². The minimum atomic E-state index is -0.110. The summed E-state index contributed by atoms with van der Waals surface area (Å²) in [6.07, 6.45) is 7.28. The second-order valence-electron chi connectivity index (χ2n) is 5.84. The summed E-state index contributed by atoms with van der Waals surface area (Å²) in [6.45, 7) is 5.86. The molecule has 0 aromatic carbocycles. The summed E-state index contributed by atoms with van der Waals surface area (Å²) in [7, 11) is 0. The highest BCUT2D eigenvalue weighted by atomic mass is 16.2. The molecule has 2 rings (SSSR count). The number of piperidine rings is 1. The number of likely N-dealkylation sites (tertiary alicyclic amines) is 1. The number of aromatic nitrogens is 1. The van der Waals surface area contributed by atoms with Gasteiger partial charge >= 0.3 is 0 Å². The maximum Gasteiger partial charge on any atom is 0.239 e. The maximum absolute atomic E-state index is 12.6. The average molecular weight is 289 g/mol. The Morgan fingerprint density at radius 2 is 2.33 bits per heavy atom. The zero-order valence-electron chi connectivity index (χ0n) is 13.2. The standard InChI is InChI=1S/C17H27N3O/c1-3-16-9-5-7-13-20(16)17(21)14(2)18-12-10-15-8-4-6-11-19-15/h4,6,8,11,14,16,18H,3,5,7,9-10,12-13H2,1-2H3/t14-,16+/m0/s1. The fourth-order valence-corrected chi connectivity index (χ4v) is 3.01. The first kappa shape index (κ1) is 16.0. The van der Waals surface area contributed by atoms with Gasteiger partial charge in [-0.1, -0.05) is 13.0 Å². The van der Waals surface area contributed by atoms with Gasteiger partial charge in [0.05, 0.1) is 6.04 Å². The van der Waals surface area contributed by atoms with Crippen molar-refractivity contribution in [2.45, 2.75) is 58.0 Å². The van der Waals surface area contributed by atoms with Gasteiger partial charge in [0.25, 0.3) is 0 Å². The SMILES string of the molecule is CC[C@@H]1CCCCN1C(=O)[C@H](C)NCCc1ccccn1. The van der Waals surface area contributed by atoms with Gasteiger partial charge in [0.15, 0.2) is 0 Å². The Bertz CT molecular complexity index is 435. The van der Waals surface area contributed by atoms with Crippen LogP contribution < -0.4 is 5.32 Å². The number of hydrogen-bond acceptors (Lipinski definition) is 3. The van der Waals surface area contributed by atoms with E-state index < -0.39 is 0 Å². The first-order valence-electron chi connectivity index (χ1n) is 8.16. The van der Waals surface area contributed by atoms with Gasteiger partial charge in [-0.05, 0) is 44.7 Å². The summed E-state index contributed by atoms with van der Waals surface area (Å²) in [5.74, 6) is 0.252. The minimum absolute atomic E-state index is 0.110. The van der Waals surface area contributed by atoms with Crippen molar-refractivity contribution in [1.82, 2.24) is 15.2 Å². The molecule has 1 aromatic rings. The summed E-state index contributed by atoms with van der Waals surface area (Å²) in [4.78, 5) is 18.9. The zero-order valence-corrected chi connectivity index (χ0v) is 13.2. The molecule has 1 aliphatic rings. The van der Waals surface area contributed by atoms with Gasteiger partial charge in [0, 0.05) is 37.4 Å². The second kappa shape index (κ2) is 8.13. The number of carbonyl (C=O) groups is 1. The molecule has 4 heteroatoms. The first-order chi connectivity index (χ1) is 10.2. The lowest BCUT2D eigenvalue weighted by molar-refractivity contribution is -0.136. The molecule has 2 atom stereocenters. The third kappa shape index (κ3) is 4.53. The van der Waals surface area contributed by atoms with E-state index in [1.165, 1.54) is 6.42 Å². The van der Waals surface area contributed by atoms with E-state index in [9.17, 15) is 4.79 Å². The lowest BCUT2D eigenvalue weighted by atomic mass is 9.99. The van der Waals surface area contributed by atoms with Crippen LogP contribution in [0.25, 0.3) is 0 Å². The predicted octanol–water partition coefficient (Wildman–Crippen LogP) is 2.39. The Balaban J connectivity index is 1.79. The van der Waals surface area contributed by atoms with Gasteiger partial charge in [-0.25, -0.2) is 0 Å². The third-order valence-corrected chi connectivity index (χ3v) is 4.31. The summed E-state index contributed by atoms with van der Waals surface area (Å²) < 4.78 is 0. The van der Waals surface area contributed by atoms with E-state index in [-0.39, 0.29) is 11.9 Å². The molecule has 0 radical (unpaired) electrons. The molecule has 0 saturated carbocycles. The lowest BCUT2D eigenvalue weighted by Gasteiger charge is -2.37. The van der Waals surface area contributed by atoms with Gasteiger partial charge < -0.3 is 10.2 Å². The van der Waals surface area contributed by atoms with Crippen LogP contribution >= 0.6 is 0 Å². The molecule has 0 bridgehead atoms. The van der Waals surface area contributed by atoms with E-state index in [1.54, 1.807) is 0 Å². The smallest absolute Gasteiger partial charge is 0.239 e. The summed E-state index contributed by atoms with van der Waals surface area (Å²) >= 11 is 0. The van der Waals surface area contributed by atoms with Gasteiger partial charge in [-0.15, -0.1) is 0 Å². The van der Waals surface area contributed by atoms with Crippen molar-refractivity contribution >= 4 is 5.91 Å². The Morgan fingerprint density at radius 3 is 3.05 bits per heavy atom. The van der Waals surface area contributed by atoms with Crippen molar-refractivity contribution in [3.63, 3.8) is 0 Å². The molecule has 1 N–H and O–H groups in total. The zero-order chi connectivity index (χ0) is 15.1. The predicted molar refractivity (Wildman–Crippen MR) is 85.0 cm³/mol. The average Bonchev–Trinajstić information content (AvgIpc) is 2.55. The molecule has 0 unspecified atom stereocenters. The lowest BCUT2D eigenvalue weighted by Crippen LogP contribution is -2.51. The fourth-order valence-electron chi connectivity index (χ4n) is 3.01. The molecule has 0 spiro atoms. The van der Waals surface area contributed by atoms with Crippen molar-refractivity contribution < 1.29 is 4.79 Å². The van der Waals surface area contributed by atoms with Crippen LogP contribution in [0.2, 0.25) is 0 Å². The van der Waals surface area contributed by atoms with E-state index in [0.29, 0.717) is 6.04 Å². The first-order valence-corrected chi connectivity index (χ1v) is 8.16. The number of nitrogens with zero attached hydrogens (tertiary/aromatic N) is 2. The Labute approximate surface area is 127 Å². The van der Waals surface area contributed by atoms with Crippen LogP contribution in [0.1, 0.15) is 45.2 Å². The molecular weight excluding hydrogens is 262 g/mol. The number of rotatable bonds is 6. The van der Waals surface area contributed by atoms with Crippen LogP contribution in [0.15, 0.2) is 24.4 Å². The fraction of sp³-hybridized carbons (Fsp3) is 0.647. The molecule has 1 saturated heterocycles. The molecule has 0 aliphatic carbocycles. The maximum atomic E-state index is 12.6. The highest BCUT2D eigenvalue weighted by Gasteiger charge is 2.28. The minimum Gasteiger partial charge on any atom is -0.338 e. The molecule has 1 aromatic heterocycles. The van der Waals surface area contributed by atoms with Crippen LogP contribution in [0.3, 0.4) is 0 Å². The third-order valence-electron chi connectivity index (χ3n) is 4.31. The van der Waals surface area contributed by atoms with Gasteiger partial charge in [0.1, 0.15) is 0 Å². The van der Waals surface area contributed by atoms with Crippen molar-refractivity contribution in [2.24, 2.45) is 0 Å². The quantitative estimate of drug-likeness (QED) is 0.874. The normalized spacial score (nSPS) is 20.3. The largest absolute Gasteiger partial charge is 0.338 e. The van der Waals surface area contributed by atoms with Gasteiger partial charge in [0.2, 0.25) is 5.91 Å². The van der Waals surface area contributed by atoms with E-state index >= 15 is 0 Å². The molecule has 1 fully saturated rings. The van der Waals surface area contributed by atoms with E-state index in [1.807, 2.05) is 31.3 Å². The highest BCUT2D eigenvalue weighted by Crippen LogP contribution is 2.20. The van der Waals surface area contributed by atoms with Crippen molar-refractivity contribution in [1.29, 1.82) is 0 Å². The van der Waals surface area contributed by atoms with Crippen molar-refractivity contribution in [3.05, 3.63) is 30.1 Å². The molecule has 4 nitrogen and oxygen atoms in total. The van der Waals surface area contributed by atoms with Crippen LogP contribution in [-0.4, -0.2) is 41.0 Å². The van der Waals surface area contributed by atoms with Crippen molar-refractivity contribution in [2.75, 3.05) is 13.1 Å². The van der Waals surface area contributed by atoms with E-state index in [2.05, 4.69) is 22.1 Å². The number of pyridine rings is 1. The number of amides is 1. The van der Waals surface area contributed by atoms with E-state index in [4.69, 9.17) is 0 Å². The van der Waals surface area contributed by atoms with Crippen LogP contribution in [-0.2, 0) is 11.2 Å². The summed E-state index contributed by atoms with van der Waals surface area (Å²) in [5.41, 5.74) is 1.06. The molecule has 116 valence electrons. The van der Waals surface area contributed by atoms with Gasteiger partial charge in [-0.3, -0.25) is 9.78 Å². The summed E-state index contributed by atoms with van der Waals surface area (Å²) in [5, 5.41) is 3.34. The Kier molecular flexibility index (Phi) is 6.18. The molecular formula is C17H27N3O. The number of nitrogens with one attached hydrogen (secondary N) is 1. The van der Waals surface area contributed by atoms with E-state index in [0.717, 1.165) is 44.5 Å². The van der Waals surface area contributed by atoms with Crippen molar-refractivity contribution in [3.8, 4) is 0 Å². The number of carbonyl (C=O) groups excluding carboxylic acids is 1. The molecule has 1 amide bonds. The Hall–Kier alpha value is -1.42. The Morgan fingerprint density at radius 1 is 1.48 bits per heavy atom. The van der Waals surface area contributed by atoms with Crippen LogP contribution in [0.4, 0.5) is 0 Å². The second-order valence-corrected chi connectivity index (χ2v) is 5.84. The van der Waals surface area contributed by atoms with Crippen LogP contribution in [0, 0.1) is 0 Å². The molecule has 1 aliphatic heterocycles.